The molecule has 0 amide bonds. The molecule has 27 heavy (non-hydrogen) atoms. The number of fused-ring (bicyclic) bond motifs is 3. The van der Waals surface area contributed by atoms with E-state index in [1.807, 2.05) is 12.1 Å². The van der Waals surface area contributed by atoms with Crippen molar-refractivity contribution in [3.8, 4) is 0 Å². The van der Waals surface area contributed by atoms with Gasteiger partial charge in [-0.05, 0) is 38.7 Å². The van der Waals surface area contributed by atoms with Crippen molar-refractivity contribution in [1.29, 1.82) is 0 Å². The van der Waals surface area contributed by atoms with Crippen LogP contribution in [0.5, 0.6) is 0 Å². The third kappa shape index (κ3) is 3.32. The highest BCUT2D eigenvalue weighted by atomic mass is 35.5. The molecule has 1 atom stereocenters. The van der Waals surface area contributed by atoms with Crippen LogP contribution in [0, 0.1) is 0 Å². The van der Waals surface area contributed by atoms with E-state index < -0.39 is 12.7 Å². The Bertz CT molecular complexity index is 998. The van der Waals surface area contributed by atoms with Gasteiger partial charge in [-0.25, -0.2) is 9.97 Å². The maximum atomic E-state index is 13.1. The van der Waals surface area contributed by atoms with Gasteiger partial charge in [-0.2, -0.15) is 13.2 Å². The van der Waals surface area contributed by atoms with Gasteiger partial charge in [0.05, 0.1) is 5.52 Å². The Hall–Kier alpha value is -2.06. The molecule has 9 heteroatoms. The van der Waals surface area contributed by atoms with Gasteiger partial charge in [-0.3, -0.25) is 0 Å². The average Bonchev–Trinajstić information content (AvgIpc) is 3.19. The number of likely N-dealkylation sites (N-methyl/N-ethyl adjacent to an activating group) is 1. The molecule has 0 bridgehead atoms. The van der Waals surface area contributed by atoms with Gasteiger partial charge in [0, 0.05) is 30.2 Å². The summed E-state index contributed by atoms with van der Waals surface area (Å²) in [4.78, 5) is 12.5. The van der Waals surface area contributed by atoms with E-state index in [-0.39, 0.29) is 10.7 Å². The largest absolute Gasteiger partial charge is 0.406 e. The predicted octanol–water partition coefficient (Wildman–Crippen LogP) is 3.94. The van der Waals surface area contributed by atoms with Gasteiger partial charge in [0.15, 0.2) is 5.15 Å². The second-order valence-corrected chi connectivity index (χ2v) is 7.47. The third-order valence-corrected chi connectivity index (χ3v) is 5.45. The van der Waals surface area contributed by atoms with Crippen molar-refractivity contribution >= 4 is 39.2 Å². The van der Waals surface area contributed by atoms with Crippen LogP contribution < -0.4 is 4.90 Å². The van der Waals surface area contributed by atoms with Crippen LogP contribution in [-0.4, -0.2) is 58.8 Å². The van der Waals surface area contributed by atoms with Crippen molar-refractivity contribution in [2.24, 2.45) is 0 Å². The second kappa shape index (κ2) is 6.53. The highest BCUT2D eigenvalue weighted by Gasteiger charge is 2.31. The lowest BCUT2D eigenvalue weighted by Crippen LogP contribution is -2.31. The summed E-state index contributed by atoms with van der Waals surface area (Å²) in [7, 11) is 4.11. The molecule has 3 aromatic rings. The number of rotatable bonds is 3. The van der Waals surface area contributed by atoms with Crippen molar-refractivity contribution in [3.05, 3.63) is 29.7 Å². The minimum Gasteiger partial charge on any atom is -0.370 e. The van der Waals surface area contributed by atoms with Crippen molar-refractivity contribution in [1.82, 2.24) is 19.4 Å². The fraction of sp³-hybridized carbons (Fsp3) is 0.444. The van der Waals surface area contributed by atoms with E-state index in [9.17, 15) is 13.2 Å². The Morgan fingerprint density at radius 1 is 1.26 bits per heavy atom. The molecule has 144 valence electrons. The molecule has 0 unspecified atom stereocenters. The SMILES string of the molecule is CN(C)[C@H]1CCN(c2ccc3c(c2)c2ncnc(Cl)c2n3CC(F)(F)F)C1. The number of aromatic nitrogens is 3. The lowest BCUT2D eigenvalue weighted by molar-refractivity contribution is -0.139. The van der Waals surface area contributed by atoms with Crippen molar-refractivity contribution in [2.45, 2.75) is 25.2 Å². The number of nitrogens with zero attached hydrogens (tertiary/aromatic N) is 5. The average molecular weight is 398 g/mol. The Balaban J connectivity index is 1.85. The fourth-order valence-corrected chi connectivity index (χ4v) is 4.04. The zero-order chi connectivity index (χ0) is 19.3. The first-order chi connectivity index (χ1) is 12.7. The maximum Gasteiger partial charge on any atom is 0.406 e. The minimum atomic E-state index is -4.37. The van der Waals surface area contributed by atoms with Crippen molar-refractivity contribution in [2.75, 3.05) is 32.1 Å². The fourth-order valence-electron chi connectivity index (χ4n) is 3.80. The van der Waals surface area contributed by atoms with Crippen LogP contribution in [0.1, 0.15) is 6.42 Å². The van der Waals surface area contributed by atoms with E-state index in [4.69, 9.17) is 11.6 Å². The molecule has 5 nitrogen and oxygen atoms in total. The molecular formula is C18H19ClF3N5. The molecule has 2 aromatic heterocycles. The standard InChI is InChI=1S/C18H19ClF3N5/c1-25(2)12-5-6-26(8-12)11-3-4-14-13(7-11)15-16(17(19)24-10-23-15)27(14)9-18(20,21)22/h3-4,7,10,12H,5-6,8-9H2,1-2H3/t12-/m0/s1. The van der Waals surface area contributed by atoms with Gasteiger partial charge in [0.2, 0.25) is 0 Å². The van der Waals surface area contributed by atoms with E-state index in [1.54, 1.807) is 6.07 Å². The Kier molecular flexibility index (Phi) is 4.43. The second-order valence-electron chi connectivity index (χ2n) is 7.12. The highest BCUT2D eigenvalue weighted by Crippen LogP contribution is 2.36. The van der Waals surface area contributed by atoms with Gasteiger partial charge < -0.3 is 14.4 Å². The first-order valence-electron chi connectivity index (χ1n) is 8.65. The van der Waals surface area contributed by atoms with E-state index in [0.717, 1.165) is 29.8 Å². The summed E-state index contributed by atoms with van der Waals surface area (Å²) in [5.74, 6) is 0. The number of halogens is 4. The van der Waals surface area contributed by atoms with Crippen LogP contribution >= 0.6 is 11.6 Å². The summed E-state index contributed by atoms with van der Waals surface area (Å²) in [6.07, 6.45) is -2.04. The molecule has 1 fully saturated rings. The molecule has 1 aliphatic rings. The molecule has 4 rings (SSSR count). The van der Waals surface area contributed by atoms with Crippen LogP contribution in [0.25, 0.3) is 21.9 Å². The summed E-state index contributed by atoms with van der Waals surface area (Å²) < 4.78 is 40.6. The molecule has 3 heterocycles. The number of benzene rings is 1. The van der Waals surface area contributed by atoms with E-state index >= 15 is 0 Å². The molecular weight excluding hydrogens is 379 g/mol. The van der Waals surface area contributed by atoms with E-state index in [2.05, 4.69) is 33.9 Å². The summed E-state index contributed by atoms with van der Waals surface area (Å²) in [5, 5.41) is 0.681. The highest BCUT2D eigenvalue weighted by molar-refractivity contribution is 6.34. The van der Waals surface area contributed by atoms with Gasteiger partial charge in [0.25, 0.3) is 0 Å². The molecule has 0 spiro atoms. The summed E-state index contributed by atoms with van der Waals surface area (Å²) in [5.41, 5.74) is 2.10. The summed E-state index contributed by atoms with van der Waals surface area (Å²) in [6.45, 7) is 0.659. The molecule has 0 saturated carbocycles. The molecule has 1 aliphatic heterocycles. The van der Waals surface area contributed by atoms with Gasteiger partial charge >= 0.3 is 6.18 Å². The van der Waals surface area contributed by atoms with Crippen LogP contribution in [-0.2, 0) is 6.54 Å². The predicted molar refractivity (Wildman–Crippen MR) is 100 cm³/mol. The molecule has 0 radical (unpaired) electrons. The number of anilines is 1. The minimum absolute atomic E-state index is 0.0239. The normalized spacial score (nSPS) is 18.3. The summed E-state index contributed by atoms with van der Waals surface area (Å²) >= 11 is 6.13. The van der Waals surface area contributed by atoms with Crippen molar-refractivity contribution < 1.29 is 13.2 Å². The number of alkyl halides is 3. The zero-order valence-corrected chi connectivity index (χ0v) is 15.7. The number of hydrogen-bond acceptors (Lipinski definition) is 4. The van der Waals surface area contributed by atoms with Crippen molar-refractivity contribution in [3.63, 3.8) is 0 Å². The lowest BCUT2D eigenvalue weighted by Gasteiger charge is -2.22. The lowest BCUT2D eigenvalue weighted by atomic mass is 10.2. The molecule has 1 aromatic carbocycles. The first kappa shape index (κ1) is 18.3. The quantitative estimate of drug-likeness (QED) is 0.627. The van der Waals surface area contributed by atoms with Gasteiger partial charge in [-0.15, -0.1) is 0 Å². The van der Waals surface area contributed by atoms with Gasteiger partial charge in [0.1, 0.15) is 23.9 Å². The molecule has 0 aliphatic carbocycles. The topological polar surface area (TPSA) is 37.2 Å². The Labute approximate surface area is 159 Å². The smallest absolute Gasteiger partial charge is 0.370 e. The first-order valence-corrected chi connectivity index (χ1v) is 9.03. The van der Waals surface area contributed by atoms with Crippen LogP contribution in [0.15, 0.2) is 24.5 Å². The summed E-state index contributed by atoms with van der Waals surface area (Å²) in [6, 6.07) is 5.96. The van der Waals surface area contributed by atoms with Crippen LogP contribution in [0.2, 0.25) is 5.15 Å². The molecule has 1 saturated heterocycles. The zero-order valence-electron chi connectivity index (χ0n) is 15.0. The van der Waals surface area contributed by atoms with Gasteiger partial charge in [-0.1, -0.05) is 11.6 Å². The number of hydrogen-bond donors (Lipinski definition) is 0. The van der Waals surface area contributed by atoms with E-state index in [0.29, 0.717) is 22.5 Å². The Morgan fingerprint density at radius 3 is 2.70 bits per heavy atom. The molecule has 0 N–H and O–H groups in total. The third-order valence-electron chi connectivity index (χ3n) is 5.17. The Morgan fingerprint density at radius 2 is 2.04 bits per heavy atom. The monoisotopic (exact) mass is 397 g/mol. The van der Waals surface area contributed by atoms with Crippen LogP contribution in [0.3, 0.4) is 0 Å². The van der Waals surface area contributed by atoms with Crippen LogP contribution in [0.4, 0.5) is 18.9 Å². The maximum absolute atomic E-state index is 13.1. The van der Waals surface area contributed by atoms with E-state index in [1.165, 1.54) is 6.33 Å².